The third-order valence-electron chi connectivity index (χ3n) is 1.96. The molecule has 0 fully saturated rings. The highest BCUT2D eigenvalue weighted by Crippen LogP contribution is 2.07. The second-order valence-electron chi connectivity index (χ2n) is 4.16. The van der Waals surface area contributed by atoms with E-state index in [1.807, 2.05) is 26.8 Å². The maximum absolute atomic E-state index is 11.7. The van der Waals surface area contributed by atoms with Crippen molar-refractivity contribution in [1.29, 1.82) is 0 Å². The Morgan fingerprint density at radius 1 is 1.53 bits per heavy atom. The van der Waals surface area contributed by atoms with E-state index in [0.717, 1.165) is 5.69 Å². The van der Waals surface area contributed by atoms with Gasteiger partial charge in [-0.3, -0.25) is 9.78 Å². The highest BCUT2D eigenvalue weighted by atomic mass is 35.5. The van der Waals surface area contributed by atoms with E-state index in [-0.39, 0.29) is 5.91 Å². The van der Waals surface area contributed by atoms with Crippen LogP contribution in [-0.2, 0) is 0 Å². The van der Waals surface area contributed by atoms with Crippen LogP contribution in [0.15, 0.2) is 18.3 Å². The van der Waals surface area contributed by atoms with Gasteiger partial charge in [0, 0.05) is 23.3 Å². The Balaban J connectivity index is 2.74. The molecule has 1 rings (SSSR count). The lowest BCUT2D eigenvalue weighted by Gasteiger charge is -2.23. The summed E-state index contributed by atoms with van der Waals surface area (Å²) in [6.07, 6.45) is 1.56. The molecule has 0 bridgehead atoms. The van der Waals surface area contributed by atoms with Gasteiger partial charge in [-0.15, -0.1) is 11.6 Å². The molecule has 1 N–H and O–H groups in total. The molecule has 0 radical (unpaired) electrons. The van der Waals surface area contributed by atoms with Gasteiger partial charge < -0.3 is 5.32 Å². The number of nitrogens with one attached hydrogen (secondary N) is 1. The predicted molar refractivity (Wildman–Crippen MR) is 61.2 cm³/mol. The maximum Gasteiger partial charge on any atom is 0.253 e. The summed E-state index contributed by atoms with van der Waals surface area (Å²) in [4.78, 5) is 15.8. The summed E-state index contributed by atoms with van der Waals surface area (Å²) in [7, 11) is 0. The Morgan fingerprint density at radius 2 is 2.20 bits per heavy atom. The smallest absolute Gasteiger partial charge is 0.253 e. The molecule has 0 aliphatic rings. The minimum Gasteiger partial charge on any atom is -0.346 e. The van der Waals surface area contributed by atoms with Crippen molar-refractivity contribution >= 4 is 17.5 Å². The Labute approximate surface area is 94.9 Å². The number of aromatic nitrogens is 1. The zero-order chi connectivity index (χ0) is 11.5. The molecule has 0 aromatic carbocycles. The molecule has 15 heavy (non-hydrogen) atoms. The molecular formula is C11H15ClN2O. The van der Waals surface area contributed by atoms with Crippen molar-refractivity contribution in [3.8, 4) is 0 Å². The SMILES string of the molecule is Cc1ccc(C(=O)NC(C)(C)CCl)cn1. The lowest BCUT2D eigenvalue weighted by atomic mass is 10.1. The average Bonchev–Trinajstić information content (AvgIpc) is 2.18. The quantitative estimate of drug-likeness (QED) is 0.803. The number of pyridine rings is 1. The number of nitrogens with zero attached hydrogens (tertiary/aromatic N) is 1. The number of hydrogen-bond donors (Lipinski definition) is 1. The van der Waals surface area contributed by atoms with Gasteiger partial charge in [0.05, 0.1) is 5.56 Å². The van der Waals surface area contributed by atoms with Crippen LogP contribution < -0.4 is 5.32 Å². The van der Waals surface area contributed by atoms with Gasteiger partial charge in [0.25, 0.3) is 5.91 Å². The second-order valence-corrected chi connectivity index (χ2v) is 4.43. The van der Waals surface area contributed by atoms with Crippen LogP contribution in [0.3, 0.4) is 0 Å². The van der Waals surface area contributed by atoms with E-state index in [4.69, 9.17) is 11.6 Å². The fourth-order valence-corrected chi connectivity index (χ4v) is 1.08. The predicted octanol–water partition coefficient (Wildman–Crippen LogP) is 2.14. The molecule has 0 spiro atoms. The van der Waals surface area contributed by atoms with Crippen LogP contribution >= 0.6 is 11.6 Å². The molecule has 1 heterocycles. The molecule has 0 saturated heterocycles. The molecular weight excluding hydrogens is 212 g/mol. The molecule has 0 aliphatic carbocycles. The first-order valence-electron chi connectivity index (χ1n) is 4.76. The molecule has 1 aromatic rings. The third kappa shape index (κ3) is 3.51. The number of amides is 1. The Kier molecular flexibility index (Phi) is 3.69. The summed E-state index contributed by atoms with van der Waals surface area (Å²) in [5.74, 6) is 0.228. The van der Waals surface area contributed by atoms with Crippen LogP contribution in [0.25, 0.3) is 0 Å². The molecule has 1 aromatic heterocycles. The van der Waals surface area contributed by atoms with Crippen LogP contribution in [0.2, 0.25) is 0 Å². The number of carbonyl (C=O) groups is 1. The van der Waals surface area contributed by atoms with Gasteiger partial charge >= 0.3 is 0 Å². The van der Waals surface area contributed by atoms with E-state index in [9.17, 15) is 4.79 Å². The van der Waals surface area contributed by atoms with Crippen molar-refractivity contribution in [2.45, 2.75) is 26.3 Å². The van der Waals surface area contributed by atoms with E-state index >= 15 is 0 Å². The van der Waals surface area contributed by atoms with Crippen LogP contribution in [0, 0.1) is 6.92 Å². The maximum atomic E-state index is 11.7. The summed E-state index contributed by atoms with van der Waals surface area (Å²) in [5.41, 5.74) is 1.05. The average molecular weight is 227 g/mol. The monoisotopic (exact) mass is 226 g/mol. The van der Waals surface area contributed by atoms with E-state index < -0.39 is 5.54 Å². The molecule has 0 saturated carbocycles. The number of alkyl halides is 1. The molecule has 0 atom stereocenters. The molecule has 0 unspecified atom stereocenters. The number of carbonyl (C=O) groups excluding carboxylic acids is 1. The molecule has 82 valence electrons. The highest BCUT2D eigenvalue weighted by molar-refractivity contribution is 6.18. The molecule has 3 nitrogen and oxygen atoms in total. The first-order chi connectivity index (χ1) is 6.94. The fourth-order valence-electron chi connectivity index (χ4n) is 1.02. The van der Waals surface area contributed by atoms with Crippen molar-refractivity contribution in [2.75, 3.05) is 5.88 Å². The minimum atomic E-state index is -0.399. The summed E-state index contributed by atoms with van der Waals surface area (Å²) >= 11 is 5.72. The number of halogens is 1. The number of aryl methyl sites for hydroxylation is 1. The lowest BCUT2D eigenvalue weighted by molar-refractivity contribution is 0.0920. The standard InChI is InChI=1S/C11H15ClN2O/c1-8-4-5-9(6-13-8)10(15)14-11(2,3)7-12/h4-6H,7H2,1-3H3,(H,14,15). The van der Waals surface area contributed by atoms with Gasteiger partial charge in [-0.05, 0) is 32.9 Å². The Hall–Kier alpha value is -1.09. The second kappa shape index (κ2) is 4.62. The van der Waals surface area contributed by atoms with Crippen LogP contribution in [0.1, 0.15) is 29.9 Å². The molecule has 4 heteroatoms. The summed E-state index contributed by atoms with van der Waals surface area (Å²) < 4.78 is 0. The largest absolute Gasteiger partial charge is 0.346 e. The van der Waals surface area contributed by atoms with Gasteiger partial charge in [0.15, 0.2) is 0 Å². The third-order valence-corrected chi connectivity index (χ3v) is 2.63. The van der Waals surface area contributed by atoms with Crippen molar-refractivity contribution in [3.05, 3.63) is 29.6 Å². The first kappa shape index (κ1) is 12.0. The number of hydrogen-bond acceptors (Lipinski definition) is 2. The van der Waals surface area contributed by atoms with Gasteiger partial charge in [-0.2, -0.15) is 0 Å². The highest BCUT2D eigenvalue weighted by Gasteiger charge is 2.19. The van der Waals surface area contributed by atoms with Gasteiger partial charge in [-0.25, -0.2) is 0 Å². The van der Waals surface area contributed by atoms with Crippen molar-refractivity contribution in [1.82, 2.24) is 10.3 Å². The van der Waals surface area contributed by atoms with E-state index in [1.54, 1.807) is 12.3 Å². The Morgan fingerprint density at radius 3 is 2.67 bits per heavy atom. The van der Waals surface area contributed by atoms with Crippen molar-refractivity contribution in [3.63, 3.8) is 0 Å². The topological polar surface area (TPSA) is 42.0 Å². The van der Waals surface area contributed by atoms with Crippen LogP contribution in [-0.4, -0.2) is 22.3 Å². The number of rotatable bonds is 3. The lowest BCUT2D eigenvalue weighted by Crippen LogP contribution is -2.44. The van der Waals surface area contributed by atoms with E-state index in [0.29, 0.717) is 11.4 Å². The zero-order valence-electron chi connectivity index (χ0n) is 9.17. The van der Waals surface area contributed by atoms with Crippen molar-refractivity contribution in [2.24, 2.45) is 0 Å². The fraction of sp³-hybridized carbons (Fsp3) is 0.455. The Bertz CT molecular complexity index is 346. The molecule has 1 amide bonds. The zero-order valence-corrected chi connectivity index (χ0v) is 9.93. The summed E-state index contributed by atoms with van der Waals surface area (Å²) in [5, 5.41) is 2.83. The van der Waals surface area contributed by atoms with E-state index in [2.05, 4.69) is 10.3 Å². The summed E-state index contributed by atoms with van der Waals surface area (Å²) in [6.45, 7) is 5.63. The van der Waals surface area contributed by atoms with Crippen molar-refractivity contribution < 1.29 is 4.79 Å². The van der Waals surface area contributed by atoms with Gasteiger partial charge in [-0.1, -0.05) is 0 Å². The first-order valence-corrected chi connectivity index (χ1v) is 5.29. The minimum absolute atomic E-state index is 0.145. The van der Waals surface area contributed by atoms with Gasteiger partial charge in [0.1, 0.15) is 0 Å². The van der Waals surface area contributed by atoms with Crippen LogP contribution in [0.4, 0.5) is 0 Å². The molecule has 0 aliphatic heterocycles. The van der Waals surface area contributed by atoms with E-state index in [1.165, 1.54) is 0 Å². The van der Waals surface area contributed by atoms with Crippen LogP contribution in [0.5, 0.6) is 0 Å². The normalized spacial score (nSPS) is 11.2. The van der Waals surface area contributed by atoms with Gasteiger partial charge in [0.2, 0.25) is 0 Å². The summed E-state index contributed by atoms with van der Waals surface area (Å²) in [6, 6.07) is 3.56.